The Hall–Kier alpha value is -2.49. The monoisotopic (exact) mass is 299 g/mol. The molecule has 1 N–H and O–H groups in total. The fourth-order valence-corrected chi connectivity index (χ4v) is 2.14. The molecule has 0 saturated heterocycles. The zero-order valence-electron chi connectivity index (χ0n) is 13.4. The molecular weight excluding hydrogens is 278 g/mol. The van der Waals surface area contributed by atoms with Crippen LogP contribution in [0.3, 0.4) is 0 Å². The van der Waals surface area contributed by atoms with Crippen molar-refractivity contribution in [3.8, 4) is 11.5 Å². The second-order valence-corrected chi connectivity index (χ2v) is 5.20. The maximum absolute atomic E-state index is 12.3. The third-order valence-corrected chi connectivity index (χ3v) is 3.64. The molecule has 0 radical (unpaired) electrons. The van der Waals surface area contributed by atoms with E-state index in [9.17, 15) is 4.79 Å². The van der Waals surface area contributed by atoms with Gasteiger partial charge >= 0.3 is 0 Å². The Kier molecular flexibility index (Phi) is 5.04. The summed E-state index contributed by atoms with van der Waals surface area (Å²) < 4.78 is 10.4. The van der Waals surface area contributed by atoms with E-state index in [1.165, 1.54) is 11.1 Å². The van der Waals surface area contributed by atoms with E-state index in [0.717, 1.165) is 5.56 Å². The van der Waals surface area contributed by atoms with Crippen molar-refractivity contribution in [2.24, 2.45) is 0 Å². The van der Waals surface area contributed by atoms with Gasteiger partial charge < -0.3 is 14.8 Å². The summed E-state index contributed by atoms with van der Waals surface area (Å²) in [5.74, 6) is 1.03. The van der Waals surface area contributed by atoms with Crippen molar-refractivity contribution in [1.29, 1.82) is 0 Å². The molecule has 0 aromatic heterocycles. The lowest BCUT2D eigenvalue weighted by molar-refractivity contribution is 0.0950. The molecule has 4 nitrogen and oxygen atoms in total. The highest BCUT2D eigenvalue weighted by molar-refractivity contribution is 5.95. The predicted molar refractivity (Wildman–Crippen MR) is 86.6 cm³/mol. The number of nitrogens with one attached hydrogen (secondary N) is 1. The van der Waals surface area contributed by atoms with Crippen LogP contribution in [0.5, 0.6) is 11.5 Å². The van der Waals surface area contributed by atoms with Gasteiger partial charge in [-0.3, -0.25) is 4.79 Å². The highest BCUT2D eigenvalue weighted by atomic mass is 16.5. The highest BCUT2D eigenvalue weighted by Gasteiger charge is 2.09. The molecule has 2 rings (SSSR count). The third-order valence-electron chi connectivity index (χ3n) is 3.64. The van der Waals surface area contributed by atoms with Crippen LogP contribution in [0.2, 0.25) is 0 Å². The number of hydrogen-bond acceptors (Lipinski definition) is 3. The standard InChI is InChI=1S/C18H21NO3/c1-12-5-6-14(7-13(12)2)11-19-18(20)15-8-16(21-3)10-17(9-15)22-4/h5-10H,11H2,1-4H3,(H,19,20). The number of hydrogen-bond donors (Lipinski definition) is 1. The van der Waals surface area contributed by atoms with Gasteiger partial charge in [0.05, 0.1) is 14.2 Å². The quantitative estimate of drug-likeness (QED) is 0.922. The Bertz CT molecular complexity index is 658. The van der Waals surface area contributed by atoms with Crippen molar-refractivity contribution < 1.29 is 14.3 Å². The summed E-state index contributed by atoms with van der Waals surface area (Å²) in [7, 11) is 3.12. The molecule has 0 aliphatic carbocycles. The Morgan fingerprint density at radius 1 is 0.955 bits per heavy atom. The van der Waals surface area contributed by atoms with E-state index >= 15 is 0 Å². The maximum atomic E-state index is 12.3. The molecule has 2 aromatic carbocycles. The van der Waals surface area contributed by atoms with E-state index in [-0.39, 0.29) is 5.91 Å². The SMILES string of the molecule is COc1cc(OC)cc(C(=O)NCc2ccc(C)c(C)c2)c1. The second-order valence-electron chi connectivity index (χ2n) is 5.20. The van der Waals surface area contributed by atoms with Gasteiger partial charge in [-0.15, -0.1) is 0 Å². The van der Waals surface area contributed by atoms with Crippen molar-refractivity contribution in [2.45, 2.75) is 20.4 Å². The fraction of sp³-hybridized carbons (Fsp3) is 0.278. The molecule has 0 fully saturated rings. The van der Waals surface area contributed by atoms with Gasteiger partial charge in [-0.2, -0.15) is 0 Å². The van der Waals surface area contributed by atoms with Crippen LogP contribution < -0.4 is 14.8 Å². The largest absolute Gasteiger partial charge is 0.497 e. The molecule has 1 amide bonds. The van der Waals surface area contributed by atoms with Gasteiger partial charge in [-0.1, -0.05) is 18.2 Å². The minimum absolute atomic E-state index is 0.157. The van der Waals surface area contributed by atoms with Crippen LogP contribution in [0.25, 0.3) is 0 Å². The van der Waals surface area contributed by atoms with E-state index in [0.29, 0.717) is 23.6 Å². The maximum Gasteiger partial charge on any atom is 0.251 e. The molecule has 0 spiro atoms. The molecule has 0 aliphatic heterocycles. The van der Waals surface area contributed by atoms with Gasteiger partial charge in [-0.25, -0.2) is 0 Å². The minimum atomic E-state index is -0.157. The number of carbonyl (C=O) groups excluding carboxylic acids is 1. The Balaban J connectivity index is 2.10. The van der Waals surface area contributed by atoms with Crippen LogP contribution in [-0.2, 0) is 6.54 Å². The topological polar surface area (TPSA) is 47.6 Å². The molecule has 0 heterocycles. The summed E-state index contributed by atoms with van der Waals surface area (Å²) in [6.45, 7) is 4.62. The third kappa shape index (κ3) is 3.79. The molecule has 4 heteroatoms. The molecule has 0 unspecified atom stereocenters. The number of aryl methyl sites for hydroxylation is 2. The van der Waals surface area contributed by atoms with Crippen molar-refractivity contribution in [3.05, 3.63) is 58.7 Å². The first-order valence-electron chi connectivity index (χ1n) is 7.11. The van der Waals surface area contributed by atoms with Crippen molar-refractivity contribution in [1.82, 2.24) is 5.32 Å². The lowest BCUT2D eigenvalue weighted by Gasteiger charge is -2.10. The number of carbonyl (C=O) groups is 1. The summed E-state index contributed by atoms with van der Waals surface area (Å²) >= 11 is 0. The average molecular weight is 299 g/mol. The summed E-state index contributed by atoms with van der Waals surface area (Å²) in [5.41, 5.74) is 4.05. The molecule has 2 aromatic rings. The number of methoxy groups -OCH3 is 2. The van der Waals surface area contributed by atoms with Crippen LogP contribution in [0, 0.1) is 13.8 Å². The number of amides is 1. The Morgan fingerprint density at radius 3 is 2.14 bits per heavy atom. The lowest BCUT2D eigenvalue weighted by atomic mass is 10.1. The summed E-state index contributed by atoms with van der Waals surface area (Å²) in [6.07, 6.45) is 0. The van der Waals surface area contributed by atoms with E-state index in [2.05, 4.69) is 31.3 Å². The van der Waals surface area contributed by atoms with Gasteiger partial charge in [0.15, 0.2) is 0 Å². The van der Waals surface area contributed by atoms with Gasteiger partial charge in [0.2, 0.25) is 0 Å². The van der Waals surface area contributed by atoms with Gasteiger partial charge in [0.1, 0.15) is 11.5 Å². The van der Waals surface area contributed by atoms with Crippen molar-refractivity contribution >= 4 is 5.91 Å². The molecule has 0 aliphatic rings. The second kappa shape index (κ2) is 6.98. The van der Waals surface area contributed by atoms with Crippen molar-refractivity contribution in [3.63, 3.8) is 0 Å². The van der Waals surface area contributed by atoms with E-state index < -0.39 is 0 Å². The predicted octanol–water partition coefficient (Wildman–Crippen LogP) is 3.25. The molecule has 0 atom stereocenters. The average Bonchev–Trinajstić information content (AvgIpc) is 2.55. The Morgan fingerprint density at radius 2 is 1.59 bits per heavy atom. The van der Waals surface area contributed by atoms with Gasteiger partial charge in [0, 0.05) is 18.2 Å². The first-order valence-corrected chi connectivity index (χ1v) is 7.11. The van der Waals surface area contributed by atoms with Crippen LogP contribution in [0.4, 0.5) is 0 Å². The number of rotatable bonds is 5. The van der Waals surface area contributed by atoms with Gasteiger partial charge in [-0.05, 0) is 42.7 Å². The molecule has 0 bridgehead atoms. The van der Waals surface area contributed by atoms with Crippen LogP contribution in [0.15, 0.2) is 36.4 Å². The van der Waals surface area contributed by atoms with E-state index in [1.807, 2.05) is 6.07 Å². The molecule has 0 saturated carbocycles. The smallest absolute Gasteiger partial charge is 0.251 e. The molecular formula is C18H21NO3. The van der Waals surface area contributed by atoms with Crippen molar-refractivity contribution in [2.75, 3.05) is 14.2 Å². The summed E-state index contributed by atoms with van der Waals surface area (Å²) in [5, 5.41) is 2.91. The molecule has 116 valence electrons. The fourth-order valence-electron chi connectivity index (χ4n) is 2.14. The first-order chi connectivity index (χ1) is 10.5. The zero-order valence-corrected chi connectivity index (χ0v) is 13.4. The van der Waals surface area contributed by atoms with Crippen LogP contribution in [0.1, 0.15) is 27.0 Å². The molecule has 22 heavy (non-hydrogen) atoms. The number of ether oxygens (including phenoxy) is 2. The highest BCUT2D eigenvalue weighted by Crippen LogP contribution is 2.22. The van der Waals surface area contributed by atoms with Gasteiger partial charge in [0.25, 0.3) is 5.91 Å². The van der Waals surface area contributed by atoms with Crippen LogP contribution >= 0.6 is 0 Å². The first kappa shape index (κ1) is 15.9. The zero-order chi connectivity index (χ0) is 16.1. The normalized spacial score (nSPS) is 10.2. The van der Waals surface area contributed by atoms with Crippen LogP contribution in [-0.4, -0.2) is 20.1 Å². The lowest BCUT2D eigenvalue weighted by Crippen LogP contribution is -2.22. The number of benzene rings is 2. The summed E-state index contributed by atoms with van der Waals surface area (Å²) in [6, 6.07) is 11.3. The summed E-state index contributed by atoms with van der Waals surface area (Å²) in [4.78, 5) is 12.3. The minimum Gasteiger partial charge on any atom is -0.497 e. The van der Waals surface area contributed by atoms with E-state index in [4.69, 9.17) is 9.47 Å². The van der Waals surface area contributed by atoms with E-state index in [1.54, 1.807) is 32.4 Å². The Labute approximate surface area is 131 Å².